The summed E-state index contributed by atoms with van der Waals surface area (Å²) in [7, 11) is -1.75. The minimum absolute atomic E-state index is 0.0124. The molecule has 138 valence electrons. The topological polar surface area (TPSA) is 110 Å². The summed E-state index contributed by atoms with van der Waals surface area (Å²) in [4.78, 5) is 23.4. The third-order valence-electron chi connectivity index (χ3n) is 4.18. The Morgan fingerprint density at radius 1 is 1.20 bits per heavy atom. The first-order valence-electron chi connectivity index (χ1n) is 7.73. The van der Waals surface area contributed by atoms with E-state index in [1.165, 1.54) is 23.5 Å². The minimum Gasteiger partial charge on any atom is -0.465 e. The number of sulfonamides is 1. The molecule has 2 atom stereocenters. The minimum atomic E-state index is -4.07. The molecule has 0 bridgehead atoms. The Balaban J connectivity index is 2.57. The van der Waals surface area contributed by atoms with Crippen molar-refractivity contribution in [3.63, 3.8) is 0 Å². The van der Waals surface area contributed by atoms with Crippen LogP contribution in [-0.2, 0) is 19.5 Å². The largest absolute Gasteiger partial charge is 0.465 e. The van der Waals surface area contributed by atoms with Crippen molar-refractivity contribution < 1.29 is 32.6 Å². The molecule has 0 radical (unpaired) electrons. The molecule has 8 nitrogen and oxygen atoms in total. The van der Waals surface area contributed by atoms with Crippen molar-refractivity contribution in [2.75, 3.05) is 20.8 Å². The van der Waals surface area contributed by atoms with Gasteiger partial charge in [0.25, 0.3) is 0 Å². The highest BCUT2D eigenvalue weighted by atomic mass is 32.2. The average molecular weight is 371 g/mol. The van der Waals surface area contributed by atoms with Gasteiger partial charge in [-0.15, -0.1) is 0 Å². The molecule has 0 unspecified atom stereocenters. The van der Waals surface area contributed by atoms with Gasteiger partial charge in [-0.2, -0.15) is 4.31 Å². The van der Waals surface area contributed by atoms with Crippen LogP contribution in [0.4, 0.5) is 0 Å². The van der Waals surface area contributed by atoms with Gasteiger partial charge in [-0.3, -0.25) is 0 Å². The van der Waals surface area contributed by atoms with E-state index in [9.17, 15) is 23.1 Å². The summed E-state index contributed by atoms with van der Waals surface area (Å²) >= 11 is 0. The number of carbonyl (C=O) groups excluding carboxylic acids is 2. The molecule has 1 heterocycles. The number of benzene rings is 1. The van der Waals surface area contributed by atoms with Gasteiger partial charge in [0.2, 0.25) is 10.0 Å². The van der Waals surface area contributed by atoms with Gasteiger partial charge in [0.15, 0.2) is 0 Å². The van der Waals surface area contributed by atoms with Gasteiger partial charge in [-0.25, -0.2) is 18.0 Å². The van der Waals surface area contributed by atoms with Crippen molar-refractivity contribution in [1.29, 1.82) is 0 Å². The number of carbonyl (C=O) groups is 2. The van der Waals surface area contributed by atoms with Gasteiger partial charge < -0.3 is 14.6 Å². The number of piperidine rings is 1. The maximum Gasteiger partial charge on any atom is 0.339 e. The molecule has 2 rings (SSSR count). The van der Waals surface area contributed by atoms with Gasteiger partial charge in [-0.1, -0.05) is 0 Å². The van der Waals surface area contributed by atoms with Gasteiger partial charge in [0, 0.05) is 12.6 Å². The van der Waals surface area contributed by atoms with Crippen LogP contribution in [0.2, 0.25) is 0 Å². The van der Waals surface area contributed by atoms with E-state index < -0.39 is 34.1 Å². The first kappa shape index (κ1) is 19.4. The Labute approximate surface area is 146 Å². The summed E-state index contributed by atoms with van der Waals surface area (Å²) in [5.74, 6) is -1.53. The van der Waals surface area contributed by atoms with E-state index in [0.717, 1.165) is 13.2 Å². The zero-order valence-corrected chi connectivity index (χ0v) is 15.1. The van der Waals surface area contributed by atoms with Gasteiger partial charge in [0.05, 0.1) is 36.3 Å². The predicted octanol–water partition coefficient (Wildman–Crippen LogP) is 0.794. The summed E-state index contributed by atoms with van der Waals surface area (Å²) in [6, 6.07) is 3.21. The number of aliphatic hydroxyl groups is 1. The van der Waals surface area contributed by atoms with Gasteiger partial charge >= 0.3 is 11.9 Å². The lowest BCUT2D eigenvalue weighted by Crippen LogP contribution is -2.46. The highest BCUT2D eigenvalue weighted by Crippen LogP contribution is 2.28. The predicted molar refractivity (Wildman–Crippen MR) is 87.7 cm³/mol. The van der Waals surface area contributed by atoms with Crippen LogP contribution in [-0.4, -0.2) is 62.7 Å². The molecule has 1 N–H and O–H groups in total. The van der Waals surface area contributed by atoms with Crippen LogP contribution in [0, 0.1) is 0 Å². The van der Waals surface area contributed by atoms with E-state index in [1.54, 1.807) is 6.92 Å². The molecular weight excluding hydrogens is 350 g/mol. The summed E-state index contributed by atoms with van der Waals surface area (Å²) in [6.07, 6.45) is 0.0278. The summed E-state index contributed by atoms with van der Waals surface area (Å²) in [6.45, 7) is 1.80. The molecule has 0 amide bonds. The molecule has 1 fully saturated rings. The smallest absolute Gasteiger partial charge is 0.339 e. The van der Waals surface area contributed by atoms with E-state index in [-0.39, 0.29) is 22.6 Å². The number of methoxy groups -OCH3 is 2. The van der Waals surface area contributed by atoms with Crippen LogP contribution in [0.3, 0.4) is 0 Å². The second kappa shape index (κ2) is 7.51. The molecule has 0 spiro atoms. The number of ether oxygens (including phenoxy) is 2. The summed E-state index contributed by atoms with van der Waals surface area (Å²) in [5, 5.41) is 9.71. The van der Waals surface area contributed by atoms with Gasteiger partial charge in [0.1, 0.15) is 0 Å². The molecule has 1 aromatic rings. The highest BCUT2D eigenvalue weighted by molar-refractivity contribution is 7.89. The SMILES string of the molecule is COC(=O)c1ccc(C(=O)OC)c(S(=O)(=O)N2CC[C@H](O)C[C@H]2C)c1. The number of aliphatic hydroxyl groups excluding tert-OH is 1. The van der Waals surface area contributed by atoms with Crippen LogP contribution in [0.25, 0.3) is 0 Å². The van der Waals surface area contributed by atoms with Crippen LogP contribution in [0.15, 0.2) is 23.1 Å². The highest BCUT2D eigenvalue weighted by Gasteiger charge is 2.36. The van der Waals surface area contributed by atoms with Crippen molar-refractivity contribution in [2.24, 2.45) is 0 Å². The van der Waals surface area contributed by atoms with Crippen LogP contribution in [0.5, 0.6) is 0 Å². The van der Waals surface area contributed by atoms with E-state index in [2.05, 4.69) is 9.47 Å². The van der Waals surface area contributed by atoms with E-state index in [4.69, 9.17) is 0 Å². The Bertz CT molecular complexity index is 775. The zero-order chi connectivity index (χ0) is 18.8. The average Bonchev–Trinajstić information content (AvgIpc) is 2.59. The van der Waals surface area contributed by atoms with Crippen LogP contribution in [0.1, 0.15) is 40.5 Å². The first-order chi connectivity index (χ1) is 11.7. The van der Waals surface area contributed by atoms with Crippen molar-refractivity contribution in [3.8, 4) is 0 Å². The zero-order valence-electron chi connectivity index (χ0n) is 14.3. The third kappa shape index (κ3) is 3.83. The molecule has 1 aliphatic heterocycles. The lowest BCUT2D eigenvalue weighted by atomic mass is 10.0. The number of rotatable bonds is 4. The first-order valence-corrected chi connectivity index (χ1v) is 9.17. The lowest BCUT2D eigenvalue weighted by Gasteiger charge is -2.35. The van der Waals surface area contributed by atoms with Crippen molar-refractivity contribution >= 4 is 22.0 Å². The second-order valence-corrected chi connectivity index (χ2v) is 7.70. The van der Waals surface area contributed by atoms with Crippen LogP contribution < -0.4 is 0 Å². The van der Waals surface area contributed by atoms with Crippen molar-refractivity contribution in [2.45, 2.75) is 36.8 Å². The summed E-state index contributed by atoms with van der Waals surface area (Å²) in [5.41, 5.74) is -0.146. The molecule has 9 heteroatoms. The maximum absolute atomic E-state index is 13.1. The fraction of sp³-hybridized carbons (Fsp3) is 0.500. The standard InChI is InChI=1S/C16H21NO7S/c1-10-8-12(18)6-7-17(10)25(21,22)14-9-11(15(19)23-2)4-5-13(14)16(20)24-3/h4-5,9-10,12,18H,6-8H2,1-3H3/t10-,12+/m1/s1. The Morgan fingerprint density at radius 3 is 2.40 bits per heavy atom. The normalized spacial score (nSPS) is 21.6. The molecule has 0 saturated carbocycles. The molecule has 1 aliphatic rings. The van der Waals surface area contributed by atoms with Crippen molar-refractivity contribution in [3.05, 3.63) is 29.3 Å². The van der Waals surface area contributed by atoms with E-state index >= 15 is 0 Å². The van der Waals surface area contributed by atoms with E-state index in [0.29, 0.717) is 12.8 Å². The Hall–Kier alpha value is -1.97. The monoisotopic (exact) mass is 371 g/mol. The quantitative estimate of drug-likeness (QED) is 0.779. The molecule has 25 heavy (non-hydrogen) atoms. The van der Waals surface area contributed by atoms with Crippen LogP contribution >= 0.6 is 0 Å². The fourth-order valence-electron chi connectivity index (χ4n) is 2.87. The Morgan fingerprint density at radius 2 is 1.84 bits per heavy atom. The second-order valence-electron chi connectivity index (χ2n) is 5.84. The lowest BCUT2D eigenvalue weighted by molar-refractivity contribution is 0.0582. The number of esters is 2. The molecule has 1 aromatic carbocycles. The molecule has 0 aliphatic carbocycles. The molecule has 1 saturated heterocycles. The van der Waals surface area contributed by atoms with E-state index in [1.807, 2.05) is 0 Å². The third-order valence-corrected chi connectivity index (χ3v) is 6.24. The van der Waals surface area contributed by atoms with Gasteiger partial charge in [-0.05, 0) is 38.0 Å². The number of hydrogen-bond acceptors (Lipinski definition) is 7. The Kier molecular flexibility index (Phi) is 5.81. The maximum atomic E-state index is 13.1. The molecular formula is C16H21NO7S. The fourth-order valence-corrected chi connectivity index (χ4v) is 4.73. The molecule has 0 aromatic heterocycles. The number of hydrogen-bond donors (Lipinski definition) is 1. The summed E-state index contributed by atoms with van der Waals surface area (Å²) < 4.78 is 36.7. The van der Waals surface area contributed by atoms with Crippen molar-refractivity contribution in [1.82, 2.24) is 4.31 Å². The number of nitrogens with zero attached hydrogens (tertiary/aromatic N) is 1.